The van der Waals surface area contributed by atoms with Crippen LogP contribution in [0.3, 0.4) is 0 Å². The predicted octanol–water partition coefficient (Wildman–Crippen LogP) is 1.94. The van der Waals surface area contributed by atoms with Gasteiger partial charge in [0, 0.05) is 37.5 Å². The van der Waals surface area contributed by atoms with E-state index in [2.05, 4.69) is 24.1 Å². The lowest BCUT2D eigenvalue weighted by Crippen LogP contribution is -2.57. The minimum absolute atomic E-state index is 0.0208. The van der Waals surface area contributed by atoms with Crippen molar-refractivity contribution in [2.45, 2.75) is 32.2 Å². The molecule has 125 valence electrons. The third kappa shape index (κ3) is 4.19. The minimum Gasteiger partial charge on any atom is -0.371 e. The number of hydrogen-bond donors (Lipinski definition) is 2. The molecule has 3 N–H and O–H groups in total. The maximum atomic E-state index is 12.0. The summed E-state index contributed by atoms with van der Waals surface area (Å²) in [5, 5.41) is 13.9. The van der Waals surface area contributed by atoms with Crippen LogP contribution < -0.4 is 11.1 Å². The fourth-order valence-corrected chi connectivity index (χ4v) is 2.92. The highest BCUT2D eigenvalue weighted by Crippen LogP contribution is 2.28. The summed E-state index contributed by atoms with van der Waals surface area (Å²) in [6.07, 6.45) is 1.24. The topological polar surface area (TPSA) is 102 Å². The molecule has 1 heterocycles. The summed E-state index contributed by atoms with van der Waals surface area (Å²) in [6, 6.07) is 6.06. The van der Waals surface area contributed by atoms with E-state index < -0.39 is 10.5 Å². The van der Waals surface area contributed by atoms with E-state index in [9.17, 15) is 14.9 Å². The Labute approximate surface area is 136 Å². The molecule has 1 radical (unpaired) electrons. The van der Waals surface area contributed by atoms with Crippen molar-refractivity contribution in [1.82, 2.24) is 4.90 Å². The minimum atomic E-state index is -0.797. The Bertz CT molecular complexity index is 563. The number of amides is 1. The van der Waals surface area contributed by atoms with Gasteiger partial charge in [0.05, 0.1) is 4.92 Å². The van der Waals surface area contributed by atoms with Crippen LogP contribution in [0.2, 0.25) is 0 Å². The number of primary amides is 1. The molecule has 1 saturated heterocycles. The number of anilines is 1. The molecule has 1 fully saturated rings. The standard InChI is InChI=1S/C16H23N4O3/c1-12(2)11-19-9-7-16(8-10-19,15(17)21)18-13-3-5-14(6-4-13)20(22)23/h3-6,18H,7-11H2,1-2H3,(H2,17,21). The van der Waals surface area contributed by atoms with Crippen LogP contribution in [0, 0.1) is 16.0 Å². The average Bonchev–Trinajstić information content (AvgIpc) is 2.49. The van der Waals surface area contributed by atoms with Gasteiger partial charge in [-0.25, -0.2) is 0 Å². The molecular weight excluding hydrogens is 296 g/mol. The second-order valence-electron chi connectivity index (χ2n) is 6.36. The number of carbonyl (C=O) groups excluding carboxylic acids is 1. The van der Waals surface area contributed by atoms with Gasteiger partial charge in [-0.3, -0.25) is 14.9 Å². The molecule has 0 spiro atoms. The molecule has 0 aromatic heterocycles. The number of nitrogens with two attached hydrogens (primary N) is 1. The lowest BCUT2D eigenvalue weighted by molar-refractivity contribution is -0.384. The van der Waals surface area contributed by atoms with Gasteiger partial charge in [-0.1, -0.05) is 13.8 Å². The summed E-state index contributed by atoms with van der Waals surface area (Å²) in [5.74, 6) is 0.951. The van der Waals surface area contributed by atoms with E-state index in [-0.39, 0.29) is 11.6 Å². The highest BCUT2D eigenvalue weighted by atomic mass is 16.6. The first kappa shape index (κ1) is 17.2. The number of benzene rings is 1. The maximum absolute atomic E-state index is 12.0. The van der Waals surface area contributed by atoms with Gasteiger partial charge in [0.1, 0.15) is 5.54 Å². The Hall–Kier alpha value is -2.15. The highest BCUT2D eigenvalue weighted by Gasteiger charge is 2.40. The molecule has 0 unspecified atom stereocenters. The van der Waals surface area contributed by atoms with E-state index in [4.69, 9.17) is 5.73 Å². The van der Waals surface area contributed by atoms with E-state index >= 15 is 0 Å². The summed E-state index contributed by atoms with van der Waals surface area (Å²) in [6.45, 7) is 6.67. The van der Waals surface area contributed by atoms with Gasteiger partial charge in [-0.05, 0) is 30.9 Å². The third-order valence-corrected chi connectivity index (χ3v) is 4.18. The lowest BCUT2D eigenvalue weighted by Gasteiger charge is -2.41. The number of non-ortho nitro benzene ring substituents is 1. The highest BCUT2D eigenvalue weighted by molar-refractivity contribution is 5.88. The van der Waals surface area contributed by atoms with Crippen LogP contribution in [0.25, 0.3) is 0 Å². The number of rotatable bonds is 6. The molecule has 0 atom stereocenters. The van der Waals surface area contributed by atoms with Gasteiger partial charge in [-0.15, -0.1) is 0 Å². The number of nitrogens with one attached hydrogen (secondary N) is 1. The number of nitrogens with zero attached hydrogens (tertiary/aromatic N) is 2. The van der Waals surface area contributed by atoms with Crippen molar-refractivity contribution < 1.29 is 9.72 Å². The van der Waals surface area contributed by atoms with Crippen LogP contribution >= 0.6 is 0 Å². The van der Waals surface area contributed by atoms with Crippen LogP contribution in [0.1, 0.15) is 26.7 Å². The summed E-state index contributed by atoms with van der Waals surface area (Å²) >= 11 is 0. The summed E-state index contributed by atoms with van der Waals surface area (Å²) in [5.41, 5.74) is 5.53. The zero-order valence-corrected chi connectivity index (χ0v) is 13.5. The largest absolute Gasteiger partial charge is 0.371 e. The summed E-state index contributed by atoms with van der Waals surface area (Å²) in [7, 11) is 0. The molecule has 2 rings (SSSR count). The molecule has 0 saturated carbocycles. The van der Waals surface area contributed by atoms with Crippen molar-refractivity contribution in [2.75, 3.05) is 25.0 Å². The maximum Gasteiger partial charge on any atom is 0.269 e. The van der Waals surface area contributed by atoms with Crippen molar-refractivity contribution >= 4 is 17.3 Å². The number of likely N-dealkylation sites (tertiary alicyclic amines) is 1. The van der Waals surface area contributed by atoms with E-state index in [1.165, 1.54) is 18.1 Å². The number of piperidine rings is 1. The van der Waals surface area contributed by atoms with Gasteiger partial charge in [0.25, 0.3) is 5.69 Å². The molecule has 0 aliphatic carbocycles. The third-order valence-electron chi connectivity index (χ3n) is 4.18. The second kappa shape index (κ2) is 6.95. The van der Waals surface area contributed by atoms with Gasteiger partial charge >= 0.3 is 0 Å². The Balaban J connectivity index is 2.07. The molecule has 1 aromatic rings. The second-order valence-corrected chi connectivity index (χ2v) is 6.36. The summed E-state index contributed by atoms with van der Waals surface area (Å²) in [4.78, 5) is 24.6. The van der Waals surface area contributed by atoms with E-state index in [0.29, 0.717) is 18.5 Å². The van der Waals surface area contributed by atoms with Crippen LogP contribution in [-0.2, 0) is 4.79 Å². The van der Waals surface area contributed by atoms with Crippen LogP contribution in [-0.4, -0.2) is 40.9 Å². The number of carbonyl (C=O) groups is 1. The van der Waals surface area contributed by atoms with E-state index in [1.807, 2.05) is 0 Å². The molecule has 1 aliphatic rings. The monoisotopic (exact) mass is 319 g/mol. The molecule has 1 amide bonds. The Morgan fingerprint density at radius 3 is 2.30 bits per heavy atom. The van der Waals surface area contributed by atoms with Gasteiger partial charge in [0.2, 0.25) is 5.91 Å². The molecule has 7 nitrogen and oxygen atoms in total. The number of nitro groups is 1. The molecule has 7 heteroatoms. The van der Waals surface area contributed by atoms with Gasteiger partial charge in [0.15, 0.2) is 0 Å². The Kier molecular flexibility index (Phi) is 5.20. The summed E-state index contributed by atoms with van der Waals surface area (Å²) < 4.78 is 0. The molecular formula is C16H23N4O3. The van der Waals surface area contributed by atoms with Crippen molar-refractivity contribution in [3.05, 3.63) is 40.3 Å². The molecule has 0 bridgehead atoms. The fraction of sp³-hybridized carbons (Fsp3) is 0.500. The van der Waals surface area contributed by atoms with Crippen molar-refractivity contribution in [2.24, 2.45) is 5.73 Å². The van der Waals surface area contributed by atoms with Crippen molar-refractivity contribution in [3.63, 3.8) is 0 Å². The first-order chi connectivity index (χ1) is 10.8. The molecule has 1 aliphatic heterocycles. The molecule has 23 heavy (non-hydrogen) atoms. The van der Waals surface area contributed by atoms with Crippen LogP contribution in [0.15, 0.2) is 24.3 Å². The normalized spacial score (nSPS) is 17.9. The van der Waals surface area contributed by atoms with Crippen molar-refractivity contribution in [3.8, 4) is 0 Å². The first-order valence-electron chi connectivity index (χ1n) is 7.66. The smallest absolute Gasteiger partial charge is 0.269 e. The van der Waals surface area contributed by atoms with Gasteiger partial charge in [-0.2, -0.15) is 0 Å². The first-order valence-corrected chi connectivity index (χ1v) is 7.66. The zero-order chi connectivity index (χ0) is 17.0. The van der Waals surface area contributed by atoms with Crippen molar-refractivity contribution in [1.29, 1.82) is 0 Å². The SMILES string of the molecule is C[C](C)CN1CCC(Nc2ccc([N+](=O)[O-])cc2)(C(N)=O)CC1. The van der Waals surface area contributed by atoms with E-state index in [0.717, 1.165) is 19.6 Å². The van der Waals surface area contributed by atoms with E-state index in [1.54, 1.807) is 12.1 Å². The lowest BCUT2D eigenvalue weighted by atomic mass is 9.86. The predicted molar refractivity (Wildman–Crippen MR) is 88.9 cm³/mol. The average molecular weight is 319 g/mol. The number of nitro benzene ring substituents is 1. The molecule has 1 aromatic carbocycles. The fourth-order valence-electron chi connectivity index (χ4n) is 2.92. The Morgan fingerprint density at radius 2 is 1.87 bits per heavy atom. The number of hydrogen-bond acceptors (Lipinski definition) is 5. The zero-order valence-electron chi connectivity index (χ0n) is 13.5. The van der Waals surface area contributed by atoms with Crippen LogP contribution in [0.4, 0.5) is 11.4 Å². The van der Waals surface area contributed by atoms with Crippen LogP contribution in [0.5, 0.6) is 0 Å². The quantitative estimate of drug-likeness (QED) is 0.616. The Morgan fingerprint density at radius 1 is 1.30 bits per heavy atom. The van der Waals surface area contributed by atoms with Gasteiger partial charge < -0.3 is 16.0 Å².